The summed E-state index contributed by atoms with van der Waals surface area (Å²) < 4.78 is 10.9. The van der Waals surface area contributed by atoms with Gasteiger partial charge in [-0.3, -0.25) is 0 Å². The molecule has 4 heteroatoms. The Morgan fingerprint density at radius 3 is 2.41 bits per heavy atom. The molecule has 1 aromatic carbocycles. The molecule has 124 valence electrons. The lowest BCUT2D eigenvalue weighted by Gasteiger charge is -2.20. The van der Waals surface area contributed by atoms with E-state index in [9.17, 15) is 4.79 Å². The van der Waals surface area contributed by atoms with Crippen LogP contribution in [-0.4, -0.2) is 24.8 Å². The van der Waals surface area contributed by atoms with Gasteiger partial charge in [-0.1, -0.05) is 32.9 Å². The van der Waals surface area contributed by atoms with E-state index in [0.29, 0.717) is 13.2 Å². The number of hydrogen-bond donors (Lipinski definition) is 1. The van der Waals surface area contributed by atoms with Crippen LogP contribution in [0.3, 0.4) is 0 Å². The Morgan fingerprint density at radius 2 is 1.82 bits per heavy atom. The minimum atomic E-state index is -0.464. The molecule has 0 heterocycles. The Balaban J connectivity index is 2.30. The van der Waals surface area contributed by atoms with E-state index >= 15 is 0 Å². The maximum Gasteiger partial charge on any atom is 0.407 e. The fourth-order valence-electron chi connectivity index (χ4n) is 1.82. The molecule has 1 amide bonds. The zero-order valence-corrected chi connectivity index (χ0v) is 14.7. The highest BCUT2D eigenvalue weighted by Gasteiger charge is 2.15. The molecule has 0 radical (unpaired) electrons. The summed E-state index contributed by atoms with van der Waals surface area (Å²) >= 11 is 0. The number of carbonyl (C=O) groups is 1. The van der Waals surface area contributed by atoms with Crippen molar-refractivity contribution in [2.24, 2.45) is 0 Å². The molecule has 1 rings (SSSR count). The Labute approximate surface area is 134 Å². The topological polar surface area (TPSA) is 47.6 Å². The number of alkyl carbamates (subject to hydrolysis) is 1. The van der Waals surface area contributed by atoms with E-state index in [-0.39, 0.29) is 11.5 Å². The Hall–Kier alpha value is -1.71. The minimum Gasteiger partial charge on any atom is -0.494 e. The molecule has 0 aromatic heterocycles. The molecular weight excluding hydrogens is 278 g/mol. The smallest absolute Gasteiger partial charge is 0.407 e. The van der Waals surface area contributed by atoms with E-state index in [0.717, 1.165) is 12.2 Å². The third-order valence-corrected chi connectivity index (χ3v) is 2.96. The van der Waals surface area contributed by atoms with Crippen molar-refractivity contribution in [1.29, 1.82) is 0 Å². The number of rotatable bonds is 5. The number of hydrogen-bond acceptors (Lipinski definition) is 3. The average molecular weight is 307 g/mol. The first-order chi connectivity index (χ1) is 10.1. The van der Waals surface area contributed by atoms with E-state index in [1.165, 1.54) is 5.56 Å². The molecule has 4 nitrogen and oxygen atoms in total. The van der Waals surface area contributed by atoms with Gasteiger partial charge in [0.2, 0.25) is 0 Å². The summed E-state index contributed by atoms with van der Waals surface area (Å²) in [5.74, 6) is 0.865. The van der Waals surface area contributed by atoms with Gasteiger partial charge >= 0.3 is 6.09 Å². The predicted molar refractivity (Wildman–Crippen MR) is 89.5 cm³/mol. The van der Waals surface area contributed by atoms with Gasteiger partial charge in [-0.2, -0.15) is 0 Å². The molecule has 0 aliphatic heterocycles. The monoisotopic (exact) mass is 307 g/mol. The normalized spacial score (nSPS) is 11.9. The zero-order chi connectivity index (χ0) is 16.8. The molecule has 0 saturated carbocycles. The van der Waals surface area contributed by atoms with Gasteiger partial charge in [-0.15, -0.1) is 0 Å². The number of carbonyl (C=O) groups excluding carboxylic acids is 1. The van der Waals surface area contributed by atoms with Crippen molar-refractivity contribution in [3.63, 3.8) is 0 Å². The van der Waals surface area contributed by atoms with Crippen molar-refractivity contribution < 1.29 is 14.3 Å². The maximum absolute atomic E-state index is 11.5. The third kappa shape index (κ3) is 7.34. The molecule has 0 saturated heterocycles. The van der Waals surface area contributed by atoms with E-state index in [2.05, 4.69) is 38.2 Å². The first-order valence-electron chi connectivity index (χ1n) is 7.78. The van der Waals surface area contributed by atoms with Crippen molar-refractivity contribution >= 4 is 6.09 Å². The quantitative estimate of drug-likeness (QED) is 0.826. The molecule has 0 bridgehead atoms. The lowest BCUT2D eigenvalue weighted by atomic mass is 9.87. The van der Waals surface area contributed by atoms with E-state index in [4.69, 9.17) is 9.47 Å². The van der Waals surface area contributed by atoms with Crippen LogP contribution in [0, 0.1) is 0 Å². The van der Waals surface area contributed by atoms with Crippen LogP contribution in [-0.2, 0) is 10.2 Å². The second kappa shape index (κ2) is 7.52. The van der Waals surface area contributed by atoms with Gasteiger partial charge in [-0.25, -0.2) is 4.79 Å². The minimum absolute atomic E-state index is 0.109. The van der Waals surface area contributed by atoms with Crippen LogP contribution in [0.2, 0.25) is 0 Å². The molecule has 0 unspecified atom stereocenters. The first kappa shape index (κ1) is 18.3. The fourth-order valence-corrected chi connectivity index (χ4v) is 1.82. The predicted octanol–water partition coefficient (Wildman–Crippen LogP) is 4.28. The molecule has 22 heavy (non-hydrogen) atoms. The molecule has 1 aromatic rings. The van der Waals surface area contributed by atoms with E-state index in [1.54, 1.807) is 0 Å². The highest BCUT2D eigenvalue weighted by Crippen LogP contribution is 2.25. The van der Waals surface area contributed by atoms with Crippen LogP contribution in [0.1, 0.15) is 53.5 Å². The van der Waals surface area contributed by atoms with Gasteiger partial charge in [0.15, 0.2) is 0 Å². The first-order valence-corrected chi connectivity index (χ1v) is 7.78. The summed E-state index contributed by atoms with van der Waals surface area (Å²) in [6, 6.07) is 8.14. The second-order valence-corrected chi connectivity index (χ2v) is 7.41. The lowest BCUT2D eigenvalue weighted by Crippen LogP contribution is -2.33. The molecule has 0 fully saturated rings. The summed E-state index contributed by atoms with van der Waals surface area (Å²) in [4.78, 5) is 11.5. The lowest BCUT2D eigenvalue weighted by molar-refractivity contribution is 0.0525. The van der Waals surface area contributed by atoms with Gasteiger partial charge in [0.1, 0.15) is 11.4 Å². The summed E-state index contributed by atoms with van der Waals surface area (Å²) in [5.41, 5.74) is 0.892. The maximum atomic E-state index is 11.5. The summed E-state index contributed by atoms with van der Waals surface area (Å²) in [6.45, 7) is 13.2. The molecule has 0 aliphatic rings. The van der Waals surface area contributed by atoms with Crippen LogP contribution in [0.15, 0.2) is 24.3 Å². The zero-order valence-electron chi connectivity index (χ0n) is 14.7. The second-order valence-electron chi connectivity index (χ2n) is 7.41. The van der Waals surface area contributed by atoms with Crippen molar-refractivity contribution in [2.45, 2.75) is 59.0 Å². The largest absolute Gasteiger partial charge is 0.494 e. The van der Waals surface area contributed by atoms with Gasteiger partial charge in [0.25, 0.3) is 0 Å². The summed E-state index contributed by atoms with van der Waals surface area (Å²) in [5, 5.41) is 2.72. The van der Waals surface area contributed by atoms with Gasteiger partial charge in [0, 0.05) is 6.54 Å². The molecule has 0 aliphatic carbocycles. The highest BCUT2D eigenvalue weighted by atomic mass is 16.6. The third-order valence-electron chi connectivity index (χ3n) is 2.96. The fraction of sp³-hybridized carbons (Fsp3) is 0.611. The summed E-state index contributed by atoms with van der Waals surface area (Å²) in [7, 11) is 0. The van der Waals surface area contributed by atoms with E-state index in [1.807, 2.05) is 32.9 Å². The molecule has 1 N–H and O–H groups in total. The molecule has 0 atom stereocenters. The SMILES string of the molecule is CC(C)(C)OC(=O)NCCCOc1cccc(C(C)(C)C)c1. The van der Waals surface area contributed by atoms with E-state index < -0.39 is 5.60 Å². The Kier molecular flexibility index (Phi) is 6.27. The van der Waals surface area contributed by atoms with Crippen LogP contribution in [0.4, 0.5) is 4.79 Å². The number of benzene rings is 1. The van der Waals surface area contributed by atoms with Crippen LogP contribution < -0.4 is 10.1 Å². The Morgan fingerprint density at radius 1 is 1.14 bits per heavy atom. The van der Waals surface area contributed by atoms with Crippen LogP contribution in [0.5, 0.6) is 5.75 Å². The van der Waals surface area contributed by atoms with Gasteiger partial charge in [-0.05, 0) is 50.3 Å². The van der Waals surface area contributed by atoms with Crippen molar-refractivity contribution in [2.75, 3.05) is 13.2 Å². The van der Waals surface area contributed by atoms with Gasteiger partial charge < -0.3 is 14.8 Å². The average Bonchev–Trinajstić information content (AvgIpc) is 2.35. The Bertz CT molecular complexity index is 484. The number of amides is 1. The van der Waals surface area contributed by atoms with Gasteiger partial charge in [0.05, 0.1) is 6.61 Å². The molecule has 0 spiro atoms. The standard InChI is InChI=1S/C18H29NO3/c1-17(2,3)14-9-7-10-15(13-14)21-12-8-11-19-16(20)22-18(4,5)6/h7,9-10,13H,8,11-12H2,1-6H3,(H,19,20). The highest BCUT2D eigenvalue weighted by molar-refractivity contribution is 5.67. The summed E-state index contributed by atoms with van der Waals surface area (Å²) in [6.07, 6.45) is 0.348. The number of ether oxygens (including phenoxy) is 2. The number of nitrogens with one attached hydrogen (secondary N) is 1. The van der Waals surface area contributed by atoms with Crippen molar-refractivity contribution in [1.82, 2.24) is 5.32 Å². The van der Waals surface area contributed by atoms with Crippen molar-refractivity contribution in [3.8, 4) is 5.75 Å². The van der Waals surface area contributed by atoms with Crippen LogP contribution >= 0.6 is 0 Å². The molecular formula is C18H29NO3. The van der Waals surface area contributed by atoms with Crippen molar-refractivity contribution in [3.05, 3.63) is 29.8 Å². The van der Waals surface area contributed by atoms with Crippen LogP contribution in [0.25, 0.3) is 0 Å².